The molecule has 2 aromatic carbocycles. The van der Waals surface area contributed by atoms with E-state index in [1.807, 2.05) is 32.9 Å². The average molecular weight is 1700 g/mol. The molecule has 0 aliphatic rings. The van der Waals surface area contributed by atoms with Crippen LogP contribution in [0.25, 0.3) is 5.76 Å². The third-order valence-electron chi connectivity index (χ3n) is 13.0. The van der Waals surface area contributed by atoms with Crippen molar-refractivity contribution in [3.63, 3.8) is 0 Å². The number of hydrogen-bond donors (Lipinski definition) is 2. The maximum atomic E-state index is 10.8. The second kappa shape index (κ2) is 57.4. The molecule has 2 N–H and O–H groups in total. The van der Waals surface area contributed by atoms with Crippen molar-refractivity contribution >= 4 is 154 Å². The summed E-state index contributed by atoms with van der Waals surface area (Å²) in [6.07, 6.45) is 15.3. The Morgan fingerprint density at radius 2 is 1.10 bits per heavy atom. The number of rotatable bonds is 25. The summed E-state index contributed by atoms with van der Waals surface area (Å²) in [6.45, 7) is 29.3. The molecule has 5 heterocycles. The number of carbonyl (C=O) groups excluding carboxylic acids is 1. The van der Waals surface area contributed by atoms with Gasteiger partial charge in [0.05, 0.1) is 46.8 Å². The van der Waals surface area contributed by atoms with Gasteiger partial charge in [-0.3, -0.25) is 8.98 Å². The first-order chi connectivity index (χ1) is 44.9. The zero-order valence-electron chi connectivity index (χ0n) is 58.1. The summed E-state index contributed by atoms with van der Waals surface area (Å²) < 4.78 is 48.5. The topological polar surface area (TPSA) is 281 Å². The molecule has 0 saturated carbocycles. The average Bonchev–Trinajstić information content (AvgIpc) is 0.785. The molecule has 7 rings (SSSR count). The molecule has 547 valence electrons. The number of nitrogens with zero attached hydrogens (tertiary/aromatic N) is 11. The van der Waals surface area contributed by atoms with Crippen LogP contribution < -0.4 is 34.3 Å². The Morgan fingerprint density at radius 3 is 1.47 bits per heavy atom. The SMILES string of the molecule is C.C.C=C(OCC)c1ccnc(Cl)n1.C=[C](OCC)[Sn]([CH2]CCC)([CH2]CCC)[CH2]CCC.CC(=O)c1ccnc(Cl)n1.CC(C)(c1ccc(O)cc1)c1cc(Cl)c(OCCCl)c(C#N)c1.CC(O)c1ccnc(Cl)n1.CC(OS(C)(=O)=O)c1ccnc(Cl)n1.Cl.Clc1ccnc(Cl)n1.[B].[H-].[Na+]. The van der Waals surface area contributed by atoms with Gasteiger partial charge in [-0.1, -0.05) is 70.6 Å². The number of aliphatic hydroxyl groups excluding tert-OH is 1. The van der Waals surface area contributed by atoms with E-state index in [-0.39, 0.29) is 117 Å². The Hall–Kier alpha value is -3.98. The smallest absolute Gasteiger partial charge is 1.00 e. The second-order valence-corrected chi connectivity index (χ2v) is 38.3. The Bertz CT molecular complexity index is 3590. The number of ketones is 1. The van der Waals surface area contributed by atoms with Crippen LogP contribution in [0.2, 0.25) is 49.9 Å². The number of phenolic OH excluding ortho intramolecular Hbond substituents is 1. The molecule has 0 saturated heterocycles. The number of aliphatic hydroxyl groups is 1. The first kappa shape index (κ1) is 105. The van der Waals surface area contributed by atoms with Gasteiger partial charge in [-0.25, -0.2) is 49.8 Å². The molecule has 2 atom stereocenters. The summed E-state index contributed by atoms with van der Waals surface area (Å²) in [5, 5.41) is 29.3. The van der Waals surface area contributed by atoms with Crippen molar-refractivity contribution in [2.75, 3.05) is 32.0 Å². The van der Waals surface area contributed by atoms with E-state index in [0.717, 1.165) is 24.0 Å². The van der Waals surface area contributed by atoms with Crippen LogP contribution in [0.15, 0.2) is 115 Å². The third kappa shape index (κ3) is 42.7. The second-order valence-electron chi connectivity index (χ2n) is 20.7. The minimum atomic E-state index is -3.49. The van der Waals surface area contributed by atoms with E-state index in [2.05, 4.69) is 96.8 Å². The number of benzene rings is 2. The van der Waals surface area contributed by atoms with Crippen LogP contribution in [0, 0.1) is 11.3 Å². The zero-order valence-corrected chi connectivity index (χ0v) is 69.6. The molecule has 7 aromatic rings. The number of Topliss-reactive ketones (excluding diaryl/α,β-unsaturated/α-hetero) is 1. The minimum Gasteiger partial charge on any atom is -1.00 e. The molecular weight excluding hydrogens is 1610 g/mol. The van der Waals surface area contributed by atoms with Crippen molar-refractivity contribution in [2.45, 2.75) is 154 Å². The number of carbonyl (C=O) groups is 1. The molecule has 0 amide bonds. The molecule has 5 aromatic heterocycles. The Kier molecular flexibility index (Phi) is 60.0. The van der Waals surface area contributed by atoms with E-state index < -0.39 is 40.7 Å². The molecule has 100 heavy (non-hydrogen) atoms. The van der Waals surface area contributed by atoms with Crippen molar-refractivity contribution in [1.29, 1.82) is 5.26 Å². The molecule has 0 fully saturated rings. The molecule has 3 radical (unpaired) electrons. The van der Waals surface area contributed by atoms with E-state index in [4.69, 9.17) is 116 Å². The maximum absolute atomic E-state index is 10.8. The van der Waals surface area contributed by atoms with Gasteiger partial charge in [-0.2, -0.15) is 13.7 Å². The standard InChI is InChI=1S/C18H17Cl2NO2.C8H9ClN2O.C7H9ClN2O3S.C6H7ClN2O.C6H5ClN2O.C4H2Cl2N2.C4H7O.3C4H9.2CH4.B.ClH.Na.Sn.H/c1-18(2,13-3-5-15(22)6-4-13)14-9-12(11-21)17(16(20)10-14)23-8-7-19;1-3-12-6(2)7-4-5-10-8(9)11-7;1-5(13-14(2,11)12)6-3-4-9-7(8)10-6;2*1-4(10)5-2-3-8-6(7)9-5;5-3-1-2-7-4(6)8-3;1-3-5-4-2;3*1-3-4-2;;;;;;;/h3-6,9-10,22H,7-8H2,1-2H3;4-5H,2-3H2,1H3;3-5H,1-2H3;2-4,10H,1H3;2-3H,1H3;1-2H;1,4H2,2H3;3*1,3-4H2,2H3;2*1H4;;1H;;;/q;;;;;;;;;;;;;;+1;;-1. The summed E-state index contributed by atoms with van der Waals surface area (Å²) >= 11 is 42.4. The molecule has 0 aliphatic carbocycles. The monoisotopic (exact) mass is 1700 g/mol. The van der Waals surface area contributed by atoms with Crippen LogP contribution in [0.1, 0.15) is 181 Å². The van der Waals surface area contributed by atoms with Crippen LogP contribution in [0.5, 0.6) is 11.5 Å². The maximum Gasteiger partial charge on any atom is 1.00 e. The molecule has 0 aliphatic heterocycles. The quantitative estimate of drug-likeness (QED) is 0.0102. The van der Waals surface area contributed by atoms with Gasteiger partial charge in [0.15, 0.2) is 11.5 Å². The fourth-order valence-electron chi connectivity index (χ4n) is 8.09. The predicted octanol–water partition coefficient (Wildman–Crippen LogP) is 16.8. The molecular formula is C67H93BCl9N11NaO9SSn. The number of hydrogen-bond acceptors (Lipinski definition) is 20. The number of halogens is 9. The van der Waals surface area contributed by atoms with Gasteiger partial charge in [0, 0.05) is 51.7 Å². The van der Waals surface area contributed by atoms with Crippen molar-refractivity contribution in [1.82, 2.24) is 49.8 Å². The number of aromatic hydroxyl groups is 1. The molecule has 0 bridgehead atoms. The number of unbranched alkanes of at least 4 members (excludes halogenated alkanes) is 3. The van der Waals surface area contributed by atoms with Crippen LogP contribution in [0.3, 0.4) is 0 Å². The van der Waals surface area contributed by atoms with Gasteiger partial charge in [0.2, 0.25) is 26.4 Å². The van der Waals surface area contributed by atoms with Gasteiger partial charge in [-0.15, -0.1) is 24.0 Å². The number of ether oxygens (including phenoxy) is 3. The van der Waals surface area contributed by atoms with Gasteiger partial charge in [0.25, 0.3) is 10.1 Å². The molecule has 20 nitrogen and oxygen atoms in total. The summed E-state index contributed by atoms with van der Waals surface area (Å²) in [5.74, 6) is 1.30. The number of aromatic nitrogens is 10. The van der Waals surface area contributed by atoms with Gasteiger partial charge in [-0.05, 0) is 145 Å². The van der Waals surface area contributed by atoms with E-state index in [1.54, 1.807) is 68.6 Å². The van der Waals surface area contributed by atoms with Gasteiger partial charge >= 0.3 is 149 Å². The fraction of sp³-hybridized carbons (Fsp3) is 0.433. The third-order valence-corrected chi connectivity index (χ3v) is 30.2. The predicted molar refractivity (Wildman–Crippen MR) is 412 cm³/mol. The van der Waals surface area contributed by atoms with Crippen LogP contribution in [-0.4, -0.2) is 133 Å². The first-order valence-corrected chi connectivity index (χ1v) is 42.4. The van der Waals surface area contributed by atoms with Crippen molar-refractivity contribution < 1.29 is 72.8 Å². The normalized spacial score (nSPS) is 10.7. The number of alkyl halides is 1. The molecule has 33 heteroatoms. The van der Waals surface area contributed by atoms with Crippen LogP contribution in [-0.2, 0) is 29.2 Å². The summed E-state index contributed by atoms with van der Waals surface area (Å²) in [4.78, 5) is 47.7. The van der Waals surface area contributed by atoms with Gasteiger partial charge in [0.1, 0.15) is 46.8 Å². The Morgan fingerprint density at radius 1 is 0.670 bits per heavy atom. The van der Waals surface area contributed by atoms with E-state index >= 15 is 0 Å². The largest absolute Gasteiger partial charge is 1.00 e. The van der Waals surface area contributed by atoms with Crippen LogP contribution in [0.4, 0.5) is 0 Å². The van der Waals surface area contributed by atoms with E-state index in [0.29, 0.717) is 62.5 Å². The Balaban J connectivity index is -0.000000265. The van der Waals surface area contributed by atoms with Crippen LogP contribution >= 0.6 is 105 Å². The fourth-order valence-corrected chi connectivity index (χ4v) is 24.6. The van der Waals surface area contributed by atoms with Crippen molar-refractivity contribution in [2.24, 2.45) is 0 Å². The zero-order chi connectivity index (χ0) is 71.7. The summed E-state index contributed by atoms with van der Waals surface area (Å²) in [7, 11) is -3.49. The minimum absolute atomic E-state index is 0. The Labute approximate surface area is 668 Å². The van der Waals surface area contributed by atoms with E-state index in [1.165, 1.54) is 93.4 Å². The number of nitriles is 1. The molecule has 0 spiro atoms. The number of phenols is 1. The summed E-state index contributed by atoms with van der Waals surface area (Å²) in [6, 6.07) is 20.6. The van der Waals surface area contributed by atoms with Crippen molar-refractivity contribution in [3.8, 4) is 17.6 Å². The summed E-state index contributed by atoms with van der Waals surface area (Å²) in [5.41, 5.74) is 3.83. The van der Waals surface area contributed by atoms with Gasteiger partial charge < -0.3 is 21.1 Å². The van der Waals surface area contributed by atoms with E-state index in [9.17, 15) is 23.6 Å². The first-order valence-electron chi connectivity index (χ1n) is 29.9. The van der Waals surface area contributed by atoms with Crippen molar-refractivity contribution in [3.05, 3.63) is 191 Å². The molecule has 2 unspecified atom stereocenters.